The van der Waals surface area contributed by atoms with E-state index in [1.807, 2.05) is 18.2 Å². The molecule has 0 fully saturated rings. The summed E-state index contributed by atoms with van der Waals surface area (Å²) < 4.78 is 5.56. The van der Waals surface area contributed by atoms with Crippen molar-refractivity contribution in [3.63, 3.8) is 0 Å². The number of carbonyl (C=O) groups is 3. The summed E-state index contributed by atoms with van der Waals surface area (Å²) in [5.74, 6) is -2.79. The monoisotopic (exact) mass is 480 g/mol. The molecule has 180 valence electrons. The Balaban J connectivity index is 1.59. The van der Waals surface area contributed by atoms with Gasteiger partial charge >= 0.3 is 0 Å². The number of amides is 1. The molecule has 8 nitrogen and oxygen atoms in total. The van der Waals surface area contributed by atoms with Crippen molar-refractivity contribution in [1.29, 1.82) is 0 Å². The zero-order valence-electron chi connectivity index (χ0n) is 18.9. The van der Waals surface area contributed by atoms with E-state index in [9.17, 15) is 24.6 Å². The third-order valence-corrected chi connectivity index (χ3v) is 5.32. The second-order valence-electron chi connectivity index (χ2n) is 7.69. The molecular weight excluding hydrogens is 460 g/mol. The number of hydrogen-bond donors (Lipinski definition) is 2. The van der Waals surface area contributed by atoms with Gasteiger partial charge in [-0.25, -0.2) is 0 Å². The second kappa shape index (κ2) is 10.9. The molecule has 8 heteroatoms. The average molecular weight is 480 g/mol. The molecule has 0 aliphatic heterocycles. The number of benzene rings is 4. The number of hydrogen-bond acceptors (Lipinski definition) is 7. The van der Waals surface area contributed by atoms with Crippen LogP contribution in [0.4, 0.5) is 11.4 Å². The highest BCUT2D eigenvalue weighted by molar-refractivity contribution is 6.06. The molecule has 0 bridgehead atoms. The number of aromatic carboxylic acids is 2. The Kier molecular flexibility index (Phi) is 7.26. The van der Waals surface area contributed by atoms with Crippen LogP contribution < -0.4 is 25.6 Å². The number of rotatable bonds is 9. The Morgan fingerprint density at radius 2 is 1.19 bits per heavy atom. The maximum atomic E-state index is 12.4. The third kappa shape index (κ3) is 5.68. The highest BCUT2D eigenvalue weighted by Gasteiger charge is 2.14. The molecule has 0 radical (unpaired) electrons. The molecule has 0 aliphatic rings. The molecule has 4 rings (SSSR count). The van der Waals surface area contributed by atoms with Gasteiger partial charge in [-0.1, -0.05) is 48.5 Å². The highest BCUT2D eigenvalue weighted by atomic mass is 16.5. The zero-order valence-corrected chi connectivity index (χ0v) is 18.9. The Labute approximate surface area is 206 Å². The summed E-state index contributed by atoms with van der Waals surface area (Å²) in [5.41, 5.74) is 0.798. The lowest BCUT2D eigenvalue weighted by molar-refractivity contribution is -0.256. The quantitative estimate of drug-likeness (QED) is 0.352. The van der Waals surface area contributed by atoms with E-state index in [4.69, 9.17) is 4.74 Å². The minimum absolute atomic E-state index is 0.0793. The first-order valence-corrected chi connectivity index (χ1v) is 10.9. The van der Waals surface area contributed by atoms with Crippen molar-refractivity contribution < 1.29 is 29.3 Å². The van der Waals surface area contributed by atoms with Crippen molar-refractivity contribution in [2.45, 2.75) is 0 Å². The van der Waals surface area contributed by atoms with Gasteiger partial charge in [-0.05, 0) is 59.7 Å². The fourth-order valence-corrected chi connectivity index (χ4v) is 3.60. The Morgan fingerprint density at radius 3 is 1.78 bits per heavy atom. The van der Waals surface area contributed by atoms with Crippen molar-refractivity contribution in [1.82, 2.24) is 0 Å². The molecule has 36 heavy (non-hydrogen) atoms. The number of carboxylic acids is 2. The van der Waals surface area contributed by atoms with Crippen LogP contribution in [-0.4, -0.2) is 24.6 Å². The van der Waals surface area contributed by atoms with Crippen LogP contribution in [0.1, 0.15) is 31.1 Å². The second-order valence-corrected chi connectivity index (χ2v) is 7.69. The van der Waals surface area contributed by atoms with Crippen LogP contribution in [-0.2, 0) is 0 Å². The van der Waals surface area contributed by atoms with Gasteiger partial charge in [0.1, 0.15) is 5.75 Å². The zero-order chi connectivity index (χ0) is 25.5. The van der Waals surface area contributed by atoms with Crippen LogP contribution in [0.3, 0.4) is 0 Å². The highest BCUT2D eigenvalue weighted by Crippen LogP contribution is 2.31. The summed E-state index contributed by atoms with van der Waals surface area (Å²) in [6, 6.07) is 26.0. The summed E-state index contributed by atoms with van der Waals surface area (Å²) in [5, 5.41) is 29.4. The Hall–Kier alpha value is -5.11. The molecule has 0 heterocycles. The molecular formula is C28H20N2O6-2. The van der Waals surface area contributed by atoms with E-state index in [1.165, 1.54) is 30.3 Å². The van der Waals surface area contributed by atoms with E-state index in [2.05, 4.69) is 10.6 Å². The molecule has 2 N–H and O–H groups in total. The maximum Gasteiger partial charge on any atom is 0.255 e. The number of para-hydroxylation sites is 1. The van der Waals surface area contributed by atoms with E-state index in [0.717, 1.165) is 0 Å². The summed E-state index contributed by atoms with van der Waals surface area (Å²) in [6.45, 7) is 0.0793. The summed E-state index contributed by atoms with van der Waals surface area (Å²) in [7, 11) is 0. The van der Waals surface area contributed by atoms with Crippen LogP contribution in [0.15, 0.2) is 97.1 Å². The van der Waals surface area contributed by atoms with Crippen LogP contribution in [0.25, 0.3) is 11.1 Å². The number of nitrogens with one attached hydrogen (secondary N) is 2. The fraction of sp³-hybridized carbons (Fsp3) is 0.0357. The molecule has 0 atom stereocenters. The number of carboxylic acid groups (broad SMARTS) is 2. The van der Waals surface area contributed by atoms with Crippen molar-refractivity contribution in [2.75, 3.05) is 17.4 Å². The fourth-order valence-electron chi connectivity index (χ4n) is 3.60. The molecule has 0 saturated carbocycles. The van der Waals surface area contributed by atoms with Gasteiger partial charge in [0.2, 0.25) is 0 Å². The van der Waals surface area contributed by atoms with Crippen LogP contribution >= 0.6 is 0 Å². The average Bonchev–Trinajstić information content (AvgIpc) is 2.89. The van der Waals surface area contributed by atoms with Crippen LogP contribution in [0, 0.1) is 0 Å². The molecule has 0 aromatic heterocycles. The standard InChI is InChI=1S/C28H22N2O6/c31-26(18-7-3-1-4-8-18)30-20-12-14-23(25(16-20)28(34)35)22-13-11-19(15-24(22)27(32)33)29-17-36-21-9-5-2-6-10-21/h1-16,29H,17H2,(H,30,31)(H,32,33)(H,34,35)/p-2. The SMILES string of the molecule is O=C(Nc1ccc(-c2ccc(NCOc3ccccc3)cc2C(=O)[O-])c(C(=O)[O-])c1)c1ccccc1. The third-order valence-electron chi connectivity index (χ3n) is 5.32. The van der Waals surface area contributed by atoms with Crippen molar-refractivity contribution in [3.05, 3.63) is 114 Å². The lowest BCUT2D eigenvalue weighted by Gasteiger charge is -2.18. The van der Waals surface area contributed by atoms with Crippen LogP contribution in [0.2, 0.25) is 0 Å². The van der Waals surface area contributed by atoms with Crippen molar-refractivity contribution in [3.8, 4) is 16.9 Å². The molecule has 4 aromatic rings. The Morgan fingerprint density at radius 1 is 0.667 bits per heavy atom. The summed E-state index contributed by atoms with van der Waals surface area (Å²) in [6.07, 6.45) is 0. The molecule has 0 aliphatic carbocycles. The van der Waals surface area contributed by atoms with E-state index >= 15 is 0 Å². The van der Waals surface area contributed by atoms with Crippen LogP contribution in [0.5, 0.6) is 5.75 Å². The predicted molar refractivity (Wildman–Crippen MR) is 130 cm³/mol. The maximum absolute atomic E-state index is 12.4. The summed E-state index contributed by atoms with van der Waals surface area (Å²) >= 11 is 0. The predicted octanol–water partition coefficient (Wildman–Crippen LogP) is 2.78. The minimum Gasteiger partial charge on any atom is -0.545 e. The van der Waals surface area contributed by atoms with Gasteiger partial charge in [0.05, 0.1) is 11.9 Å². The van der Waals surface area contributed by atoms with E-state index in [-0.39, 0.29) is 34.7 Å². The van der Waals surface area contributed by atoms with E-state index < -0.39 is 17.8 Å². The Bertz CT molecular complexity index is 1400. The number of carbonyl (C=O) groups excluding carboxylic acids is 3. The first-order valence-electron chi connectivity index (χ1n) is 10.9. The van der Waals surface area contributed by atoms with Gasteiger partial charge in [-0.15, -0.1) is 0 Å². The number of ether oxygens (including phenoxy) is 1. The van der Waals surface area contributed by atoms with Crippen molar-refractivity contribution >= 4 is 29.2 Å². The van der Waals surface area contributed by atoms with Gasteiger partial charge in [0, 0.05) is 28.1 Å². The molecule has 4 aromatic carbocycles. The first kappa shape index (κ1) is 24.0. The minimum atomic E-state index is -1.52. The topological polar surface area (TPSA) is 131 Å². The molecule has 0 spiro atoms. The molecule has 1 amide bonds. The van der Waals surface area contributed by atoms with E-state index in [0.29, 0.717) is 17.0 Å². The van der Waals surface area contributed by atoms with Gasteiger partial charge in [0.25, 0.3) is 5.91 Å². The first-order chi connectivity index (χ1) is 17.4. The number of anilines is 2. The molecule has 0 saturated heterocycles. The van der Waals surface area contributed by atoms with Gasteiger partial charge < -0.3 is 35.2 Å². The van der Waals surface area contributed by atoms with Gasteiger partial charge in [-0.3, -0.25) is 4.79 Å². The van der Waals surface area contributed by atoms with Gasteiger partial charge in [-0.2, -0.15) is 0 Å². The van der Waals surface area contributed by atoms with Crippen molar-refractivity contribution in [2.24, 2.45) is 0 Å². The lowest BCUT2D eigenvalue weighted by Crippen LogP contribution is -2.25. The van der Waals surface area contributed by atoms with Gasteiger partial charge in [0.15, 0.2) is 6.73 Å². The van der Waals surface area contributed by atoms with E-state index in [1.54, 1.807) is 48.5 Å². The lowest BCUT2D eigenvalue weighted by atomic mass is 9.94. The summed E-state index contributed by atoms with van der Waals surface area (Å²) in [4.78, 5) is 36.2. The normalized spacial score (nSPS) is 10.3. The smallest absolute Gasteiger partial charge is 0.255 e. The molecule has 0 unspecified atom stereocenters. The largest absolute Gasteiger partial charge is 0.545 e.